The van der Waals surface area contributed by atoms with E-state index in [0.29, 0.717) is 16.4 Å². The second-order valence-corrected chi connectivity index (χ2v) is 13.5. The van der Waals surface area contributed by atoms with Gasteiger partial charge in [0.05, 0.1) is 22.0 Å². The highest BCUT2D eigenvalue weighted by Gasteiger charge is 2.33. The van der Waals surface area contributed by atoms with E-state index in [1.165, 1.54) is 0 Å². The molecule has 1 aliphatic heterocycles. The Balaban J connectivity index is 1.71. The SMILES string of the molecule is COc1ccc(C=C(C(OP(=O)(c2ccccc2)c2ccccc2)=C2SCCCS2)c2ccccc2)cc1. The number of methoxy groups -OCH3 is 1. The first kappa shape index (κ1) is 26.5. The van der Waals surface area contributed by atoms with E-state index in [1.807, 2.05) is 103 Å². The third-order valence-corrected chi connectivity index (χ3v) is 11.1. The van der Waals surface area contributed by atoms with Crippen LogP contribution in [-0.4, -0.2) is 18.6 Å². The fourth-order valence-corrected chi connectivity index (χ4v) is 8.89. The molecule has 38 heavy (non-hydrogen) atoms. The third-order valence-electron chi connectivity index (χ3n) is 6.11. The molecule has 0 saturated carbocycles. The van der Waals surface area contributed by atoms with Gasteiger partial charge in [0.2, 0.25) is 0 Å². The summed E-state index contributed by atoms with van der Waals surface area (Å²) < 4.78 is 28.3. The number of allylic oxidation sites excluding steroid dienone is 1. The lowest BCUT2D eigenvalue weighted by Crippen LogP contribution is -2.19. The van der Waals surface area contributed by atoms with Crippen molar-refractivity contribution in [2.24, 2.45) is 0 Å². The Labute approximate surface area is 233 Å². The number of thioether (sulfide) groups is 2. The molecule has 0 unspecified atom stereocenters. The Morgan fingerprint density at radius 3 is 1.79 bits per heavy atom. The van der Waals surface area contributed by atoms with Crippen molar-refractivity contribution in [2.75, 3.05) is 18.6 Å². The molecule has 0 radical (unpaired) electrons. The van der Waals surface area contributed by atoms with Crippen molar-refractivity contribution in [1.82, 2.24) is 0 Å². The molecule has 1 saturated heterocycles. The van der Waals surface area contributed by atoms with Gasteiger partial charge in [0.15, 0.2) is 5.76 Å². The molecule has 1 heterocycles. The van der Waals surface area contributed by atoms with Crippen LogP contribution in [0.1, 0.15) is 17.5 Å². The molecular weight excluding hydrogens is 527 g/mol. The zero-order chi connectivity index (χ0) is 26.2. The molecular formula is C32H29O3PS2. The summed E-state index contributed by atoms with van der Waals surface area (Å²) in [4.78, 5) is 0. The summed E-state index contributed by atoms with van der Waals surface area (Å²) in [7, 11) is -1.82. The molecule has 0 atom stereocenters. The van der Waals surface area contributed by atoms with Crippen LogP contribution in [-0.2, 0) is 9.09 Å². The second-order valence-electron chi connectivity index (χ2n) is 8.68. The van der Waals surface area contributed by atoms with Gasteiger partial charge in [0.25, 0.3) is 0 Å². The van der Waals surface area contributed by atoms with E-state index in [1.54, 1.807) is 30.6 Å². The smallest absolute Gasteiger partial charge is 0.306 e. The summed E-state index contributed by atoms with van der Waals surface area (Å²) in [6, 6.07) is 37.3. The van der Waals surface area contributed by atoms with Crippen molar-refractivity contribution in [3.63, 3.8) is 0 Å². The maximum Gasteiger partial charge on any atom is 0.306 e. The van der Waals surface area contributed by atoms with Gasteiger partial charge in [0.1, 0.15) is 5.75 Å². The molecule has 0 N–H and O–H groups in total. The van der Waals surface area contributed by atoms with Gasteiger partial charge in [-0.05, 0) is 71.5 Å². The summed E-state index contributed by atoms with van der Waals surface area (Å²) in [6.45, 7) is 0. The van der Waals surface area contributed by atoms with E-state index in [-0.39, 0.29) is 0 Å². The van der Waals surface area contributed by atoms with Crippen LogP contribution in [0, 0.1) is 0 Å². The van der Waals surface area contributed by atoms with Crippen molar-refractivity contribution < 1.29 is 13.8 Å². The van der Waals surface area contributed by atoms with E-state index >= 15 is 4.57 Å². The normalized spacial score (nSPS) is 14.1. The van der Waals surface area contributed by atoms with Gasteiger partial charge in [-0.15, -0.1) is 23.5 Å². The summed E-state index contributed by atoms with van der Waals surface area (Å²) in [5.41, 5.74) is 2.91. The summed E-state index contributed by atoms with van der Waals surface area (Å²) >= 11 is 3.56. The van der Waals surface area contributed by atoms with E-state index in [9.17, 15) is 0 Å². The maximum atomic E-state index is 15.0. The van der Waals surface area contributed by atoms with Crippen LogP contribution in [0.25, 0.3) is 11.6 Å². The molecule has 192 valence electrons. The first-order valence-corrected chi connectivity index (χ1v) is 16.1. The lowest BCUT2D eigenvalue weighted by molar-refractivity contribution is 0.415. The molecule has 3 nitrogen and oxygen atoms in total. The summed E-state index contributed by atoms with van der Waals surface area (Å²) in [6.07, 6.45) is 3.25. The average molecular weight is 557 g/mol. The van der Waals surface area contributed by atoms with Crippen LogP contribution in [0.3, 0.4) is 0 Å². The quantitative estimate of drug-likeness (QED) is 0.124. The van der Waals surface area contributed by atoms with Gasteiger partial charge < -0.3 is 9.26 Å². The Morgan fingerprint density at radius 1 is 0.737 bits per heavy atom. The molecule has 4 aromatic rings. The molecule has 1 fully saturated rings. The van der Waals surface area contributed by atoms with E-state index < -0.39 is 7.37 Å². The van der Waals surface area contributed by atoms with Crippen molar-refractivity contribution >= 4 is 53.2 Å². The van der Waals surface area contributed by atoms with Crippen molar-refractivity contribution in [3.8, 4) is 5.75 Å². The topological polar surface area (TPSA) is 35.5 Å². The third kappa shape index (κ3) is 6.13. The predicted octanol–water partition coefficient (Wildman–Crippen LogP) is 8.22. The van der Waals surface area contributed by atoms with E-state index in [0.717, 1.165) is 44.6 Å². The minimum Gasteiger partial charge on any atom is -0.497 e. The number of rotatable bonds is 8. The number of benzene rings is 4. The Bertz CT molecular complexity index is 1400. The van der Waals surface area contributed by atoms with Crippen LogP contribution in [0.2, 0.25) is 0 Å². The van der Waals surface area contributed by atoms with Gasteiger partial charge in [0, 0.05) is 5.57 Å². The van der Waals surface area contributed by atoms with E-state index in [2.05, 4.69) is 18.2 Å². The average Bonchev–Trinajstić information content (AvgIpc) is 3.01. The maximum absolute atomic E-state index is 15.0. The van der Waals surface area contributed by atoms with Gasteiger partial charge in [-0.1, -0.05) is 78.9 Å². The fourth-order valence-electron chi connectivity index (χ4n) is 4.15. The zero-order valence-corrected chi connectivity index (χ0v) is 23.7. The van der Waals surface area contributed by atoms with Crippen molar-refractivity contribution in [2.45, 2.75) is 6.42 Å². The molecule has 0 spiro atoms. The highest BCUT2D eigenvalue weighted by atomic mass is 32.2. The minimum absolute atomic E-state index is 0.665. The second kappa shape index (κ2) is 12.6. The fraction of sp³-hybridized carbons (Fsp3) is 0.125. The standard InChI is InChI=1S/C32H29O3PS2/c1-34-27-20-18-25(19-21-27)24-30(26-12-5-2-6-13-26)31(32-37-22-11-23-38-32)35-36(33,28-14-7-3-8-15-28)29-16-9-4-10-17-29/h2-10,12-21,24H,11,22-23H2,1H3. The van der Waals surface area contributed by atoms with Gasteiger partial charge >= 0.3 is 7.37 Å². The molecule has 5 rings (SSSR count). The van der Waals surface area contributed by atoms with Gasteiger partial charge in [-0.25, -0.2) is 0 Å². The monoisotopic (exact) mass is 556 g/mol. The van der Waals surface area contributed by atoms with Crippen LogP contribution < -0.4 is 15.3 Å². The molecule has 0 bridgehead atoms. The predicted molar refractivity (Wildman–Crippen MR) is 165 cm³/mol. The molecule has 6 heteroatoms. The van der Waals surface area contributed by atoms with E-state index in [4.69, 9.17) is 9.26 Å². The molecule has 0 aliphatic carbocycles. The van der Waals surface area contributed by atoms with Gasteiger partial charge in [-0.2, -0.15) is 0 Å². The number of hydrogen-bond donors (Lipinski definition) is 0. The summed E-state index contributed by atoms with van der Waals surface area (Å²) in [5, 5.41) is 1.35. The highest BCUT2D eigenvalue weighted by Crippen LogP contribution is 2.53. The van der Waals surface area contributed by atoms with Crippen LogP contribution in [0.15, 0.2) is 125 Å². The molecule has 1 aliphatic rings. The van der Waals surface area contributed by atoms with Crippen molar-refractivity contribution in [1.29, 1.82) is 0 Å². The van der Waals surface area contributed by atoms with Crippen LogP contribution >= 0.6 is 30.9 Å². The lowest BCUT2D eigenvalue weighted by Gasteiger charge is -2.27. The van der Waals surface area contributed by atoms with Crippen molar-refractivity contribution in [3.05, 3.63) is 136 Å². The highest BCUT2D eigenvalue weighted by molar-refractivity contribution is 8.22. The Kier molecular flexibility index (Phi) is 8.80. The summed E-state index contributed by atoms with van der Waals surface area (Å²) in [5.74, 6) is 3.47. The largest absolute Gasteiger partial charge is 0.497 e. The first-order chi connectivity index (χ1) is 18.7. The lowest BCUT2D eigenvalue weighted by atomic mass is 10.0. The zero-order valence-electron chi connectivity index (χ0n) is 21.2. The number of ether oxygens (including phenoxy) is 1. The molecule has 0 amide bonds. The molecule has 4 aromatic carbocycles. The number of hydrogen-bond acceptors (Lipinski definition) is 5. The van der Waals surface area contributed by atoms with Gasteiger partial charge in [-0.3, -0.25) is 4.57 Å². The minimum atomic E-state index is -3.48. The first-order valence-electron chi connectivity index (χ1n) is 12.5. The van der Waals surface area contributed by atoms with Crippen LogP contribution in [0.5, 0.6) is 5.75 Å². The Hall–Kier alpha value is -3.11. The van der Waals surface area contributed by atoms with Crippen LogP contribution in [0.4, 0.5) is 0 Å². The molecule has 0 aromatic heterocycles. The Morgan fingerprint density at radius 2 is 1.26 bits per heavy atom.